The van der Waals surface area contributed by atoms with Gasteiger partial charge in [0.05, 0.1) is 22.7 Å². The lowest BCUT2D eigenvalue weighted by Crippen LogP contribution is -2.43. The third-order valence-electron chi connectivity index (χ3n) is 7.35. The number of carbonyl (C=O) groups is 1. The molecular weight excluding hydrogens is 432 g/mol. The number of fused-ring (bicyclic) bond motifs is 3. The van der Waals surface area contributed by atoms with Crippen LogP contribution in [-0.4, -0.2) is 31.7 Å². The van der Waals surface area contributed by atoms with E-state index in [4.69, 9.17) is 4.98 Å². The molecule has 2 aliphatic carbocycles. The van der Waals surface area contributed by atoms with Crippen molar-refractivity contribution in [1.29, 1.82) is 0 Å². The van der Waals surface area contributed by atoms with Gasteiger partial charge in [0.2, 0.25) is 5.91 Å². The van der Waals surface area contributed by atoms with Crippen molar-refractivity contribution in [3.05, 3.63) is 64.7 Å². The molecule has 2 heterocycles. The summed E-state index contributed by atoms with van der Waals surface area (Å²) in [5.41, 5.74) is 1.46. The summed E-state index contributed by atoms with van der Waals surface area (Å²) in [6.45, 7) is 4.40. The number of amides is 1. The average Bonchev–Trinajstić information content (AvgIpc) is 3.46. The molecule has 0 spiro atoms. The lowest BCUT2D eigenvalue weighted by molar-refractivity contribution is -0.121. The van der Waals surface area contributed by atoms with Crippen molar-refractivity contribution in [2.75, 3.05) is 0 Å². The van der Waals surface area contributed by atoms with Crippen molar-refractivity contribution in [1.82, 2.24) is 19.9 Å². The van der Waals surface area contributed by atoms with Gasteiger partial charge in [-0.1, -0.05) is 36.4 Å². The zero-order valence-corrected chi connectivity index (χ0v) is 19.9. The Kier molecular flexibility index (Phi) is 6.23. The number of pyridine rings is 1. The number of nitrogens with zero attached hydrogens (tertiary/aromatic N) is 3. The van der Waals surface area contributed by atoms with Crippen LogP contribution in [0.4, 0.5) is 0 Å². The van der Waals surface area contributed by atoms with Gasteiger partial charge in [-0.25, -0.2) is 4.98 Å². The fourth-order valence-corrected chi connectivity index (χ4v) is 6.54. The molecule has 3 aromatic rings. The largest absolute Gasteiger partial charge is 0.352 e. The first-order chi connectivity index (χ1) is 16.0. The highest BCUT2D eigenvalue weighted by Gasteiger charge is 2.42. The highest BCUT2D eigenvalue weighted by Crippen LogP contribution is 2.49. The minimum atomic E-state index is -0.362. The zero-order valence-electron chi connectivity index (χ0n) is 19.1. The van der Waals surface area contributed by atoms with Gasteiger partial charge in [-0.05, 0) is 74.6 Å². The summed E-state index contributed by atoms with van der Waals surface area (Å²) in [4.78, 5) is 35.3. The number of aromatic nitrogens is 3. The van der Waals surface area contributed by atoms with Crippen LogP contribution >= 0.6 is 11.8 Å². The topological polar surface area (TPSA) is 76.9 Å². The fourth-order valence-electron chi connectivity index (χ4n) is 5.62. The van der Waals surface area contributed by atoms with E-state index in [-0.39, 0.29) is 22.8 Å². The maximum absolute atomic E-state index is 13.3. The Labute approximate surface area is 198 Å². The van der Waals surface area contributed by atoms with Crippen LogP contribution < -0.4 is 10.9 Å². The minimum absolute atomic E-state index is 0.00519. The molecule has 172 valence electrons. The number of nitrogens with one attached hydrogen (secondary N) is 1. The van der Waals surface area contributed by atoms with Gasteiger partial charge in [-0.15, -0.1) is 0 Å². The third-order valence-corrected chi connectivity index (χ3v) is 8.44. The quantitative estimate of drug-likeness (QED) is 0.419. The lowest BCUT2D eigenvalue weighted by atomic mass is 9.84. The maximum Gasteiger partial charge on any atom is 0.262 e. The molecule has 0 aliphatic heterocycles. The molecule has 1 aromatic carbocycles. The molecule has 1 N–H and O–H groups in total. The normalized spacial score (nSPS) is 23.5. The van der Waals surface area contributed by atoms with Gasteiger partial charge in [0.1, 0.15) is 0 Å². The van der Waals surface area contributed by atoms with Crippen molar-refractivity contribution in [3.63, 3.8) is 0 Å². The van der Waals surface area contributed by atoms with Crippen molar-refractivity contribution < 1.29 is 4.79 Å². The summed E-state index contributed by atoms with van der Waals surface area (Å²) in [7, 11) is 0. The first-order valence-corrected chi connectivity index (χ1v) is 12.7. The Bertz CT molecular complexity index is 1210. The molecule has 0 saturated heterocycles. The second-order valence-corrected chi connectivity index (χ2v) is 10.9. The van der Waals surface area contributed by atoms with E-state index in [1.807, 2.05) is 37.3 Å². The highest BCUT2D eigenvalue weighted by molar-refractivity contribution is 8.00. The standard InChI is InChI=1S/C26H30N4O2S/c1-16(22-13-18-9-10-20(22)12-18)28-24(31)17(2)33-26-29-23-8-4-3-7-21(23)25(32)30(26)15-19-6-5-11-27-14-19/h3-8,11,14,16-18,20,22H,9-10,12-13,15H2,1-2H3,(H,28,31). The molecule has 1 amide bonds. The number of hydrogen-bond acceptors (Lipinski definition) is 5. The molecule has 2 fully saturated rings. The molecule has 0 radical (unpaired) electrons. The van der Waals surface area contributed by atoms with Gasteiger partial charge in [0, 0.05) is 18.4 Å². The number of rotatable bonds is 7. The summed E-state index contributed by atoms with van der Waals surface area (Å²) in [6, 6.07) is 11.3. The van der Waals surface area contributed by atoms with E-state index in [2.05, 4.69) is 17.2 Å². The Balaban J connectivity index is 1.37. The van der Waals surface area contributed by atoms with Gasteiger partial charge < -0.3 is 5.32 Å². The minimum Gasteiger partial charge on any atom is -0.352 e. The molecule has 2 aliphatic rings. The molecule has 6 nitrogen and oxygen atoms in total. The Morgan fingerprint density at radius 3 is 2.76 bits per heavy atom. The maximum atomic E-state index is 13.3. The van der Waals surface area contributed by atoms with Crippen LogP contribution in [0, 0.1) is 17.8 Å². The summed E-state index contributed by atoms with van der Waals surface area (Å²) in [6.07, 6.45) is 8.70. The molecule has 2 saturated carbocycles. The van der Waals surface area contributed by atoms with E-state index >= 15 is 0 Å². The van der Waals surface area contributed by atoms with Crippen LogP contribution in [-0.2, 0) is 11.3 Å². The van der Waals surface area contributed by atoms with Gasteiger partial charge in [0.25, 0.3) is 5.56 Å². The number of thioether (sulfide) groups is 1. The number of para-hydroxylation sites is 1. The van der Waals surface area contributed by atoms with Gasteiger partial charge >= 0.3 is 0 Å². The van der Waals surface area contributed by atoms with Crippen molar-refractivity contribution in [2.45, 2.75) is 62.5 Å². The van der Waals surface area contributed by atoms with Crippen LogP contribution in [0.5, 0.6) is 0 Å². The molecule has 2 aromatic heterocycles. The van der Waals surface area contributed by atoms with Gasteiger partial charge in [0.15, 0.2) is 5.16 Å². The van der Waals surface area contributed by atoms with E-state index in [1.54, 1.807) is 23.0 Å². The summed E-state index contributed by atoms with van der Waals surface area (Å²) in [5, 5.41) is 4.03. The highest BCUT2D eigenvalue weighted by atomic mass is 32.2. The zero-order chi connectivity index (χ0) is 22.9. The van der Waals surface area contributed by atoms with Crippen LogP contribution in [0.3, 0.4) is 0 Å². The van der Waals surface area contributed by atoms with Crippen molar-refractivity contribution >= 4 is 28.6 Å². The van der Waals surface area contributed by atoms with Crippen LogP contribution in [0.2, 0.25) is 0 Å². The predicted molar refractivity (Wildman–Crippen MR) is 131 cm³/mol. The third kappa shape index (κ3) is 4.56. The SMILES string of the molecule is CC(Sc1nc2ccccc2c(=O)n1Cc1cccnc1)C(=O)NC(C)C1CC2CCC1C2. The lowest BCUT2D eigenvalue weighted by Gasteiger charge is -2.29. The predicted octanol–water partition coefficient (Wildman–Crippen LogP) is 4.26. The van der Waals surface area contributed by atoms with E-state index in [0.29, 0.717) is 28.5 Å². The number of hydrogen-bond donors (Lipinski definition) is 1. The van der Waals surface area contributed by atoms with Crippen LogP contribution in [0.25, 0.3) is 10.9 Å². The summed E-state index contributed by atoms with van der Waals surface area (Å²) >= 11 is 1.35. The second-order valence-electron chi connectivity index (χ2n) is 9.56. The van der Waals surface area contributed by atoms with E-state index in [1.165, 1.54) is 37.4 Å². The van der Waals surface area contributed by atoms with Crippen molar-refractivity contribution in [3.8, 4) is 0 Å². The Hall–Kier alpha value is -2.67. The van der Waals surface area contributed by atoms with Crippen LogP contribution in [0.15, 0.2) is 58.7 Å². The average molecular weight is 463 g/mol. The fraction of sp³-hybridized carbons (Fsp3) is 0.462. The molecular formula is C26H30N4O2S. The van der Waals surface area contributed by atoms with Gasteiger partial charge in [-0.2, -0.15) is 0 Å². The first-order valence-electron chi connectivity index (χ1n) is 11.8. The molecule has 7 heteroatoms. The van der Waals surface area contributed by atoms with Gasteiger partial charge in [-0.3, -0.25) is 19.1 Å². The Morgan fingerprint density at radius 1 is 1.18 bits per heavy atom. The molecule has 5 atom stereocenters. The Morgan fingerprint density at radius 2 is 2.03 bits per heavy atom. The first kappa shape index (κ1) is 22.1. The molecule has 5 rings (SSSR count). The van der Waals surface area contributed by atoms with E-state index in [0.717, 1.165) is 17.4 Å². The monoisotopic (exact) mass is 462 g/mol. The van der Waals surface area contributed by atoms with E-state index in [9.17, 15) is 9.59 Å². The second kappa shape index (κ2) is 9.29. The molecule has 33 heavy (non-hydrogen) atoms. The molecule has 5 unspecified atom stereocenters. The molecule has 2 bridgehead atoms. The van der Waals surface area contributed by atoms with Crippen molar-refractivity contribution in [2.24, 2.45) is 17.8 Å². The van der Waals surface area contributed by atoms with E-state index < -0.39 is 0 Å². The number of carbonyl (C=O) groups excluding carboxylic acids is 1. The number of benzene rings is 1. The van der Waals surface area contributed by atoms with Crippen LogP contribution in [0.1, 0.15) is 45.1 Å². The summed E-state index contributed by atoms with van der Waals surface area (Å²) in [5.74, 6) is 2.22. The smallest absolute Gasteiger partial charge is 0.262 e. The summed E-state index contributed by atoms with van der Waals surface area (Å²) < 4.78 is 1.66.